The first-order chi connectivity index (χ1) is 10.6. The second-order valence-electron chi connectivity index (χ2n) is 6.82. The molecule has 0 N–H and O–H groups in total. The topological polar surface area (TPSA) is 32.8 Å². The van der Waals surface area contributed by atoms with Crippen LogP contribution in [0.15, 0.2) is 30.3 Å². The summed E-state index contributed by atoms with van der Waals surface area (Å²) in [4.78, 5) is 17.0. The first-order valence-corrected chi connectivity index (χ1v) is 8.20. The number of benzene rings is 1. The molecule has 3 rings (SSSR count). The highest BCUT2D eigenvalue weighted by atomic mass is 16.6. The van der Waals surface area contributed by atoms with E-state index >= 15 is 0 Å². The van der Waals surface area contributed by atoms with Gasteiger partial charge in [0, 0.05) is 44.4 Å². The van der Waals surface area contributed by atoms with E-state index in [0.29, 0.717) is 18.3 Å². The minimum absolute atomic E-state index is 0.0899. The third-order valence-corrected chi connectivity index (χ3v) is 5.14. The molecule has 4 heteroatoms. The molecule has 0 saturated carbocycles. The number of rotatable bonds is 3. The van der Waals surface area contributed by atoms with Crippen LogP contribution < -0.4 is 0 Å². The van der Waals surface area contributed by atoms with Gasteiger partial charge < -0.3 is 14.5 Å². The SMILES string of the molecule is CCC(=O)OC1(c2ccccc2)C2CN(C)CC1CN(C)C2. The van der Waals surface area contributed by atoms with Crippen LogP contribution in [0.5, 0.6) is 0 Å². The number of likely N-dealkylation sites (tertiary alicyclic amines) is 2. The van der Waals surface area contributed by atoms with Crippen LogP contribution in [0.2, 0.25) is 0 Å². The molecule has 2 aliphatic rings. The molecule has 0 atom stereocenters. The van der Waals surface area contributed by atoms with E-state index in [9.17, 15) is 4.79 Å². The van der Waals surface area contributed by atoms with Gasteiger partial charge in [-0.25, -0.2) is 0 Å². The molecule has 0 unspecified atom stereocenters. The highest BCUT2D eigenvalue weighted by Crippen LogP contribution is 2.47. The van der Waals surface area contributed by atoms with Gasteiger partial charge in [0.15, 0.2) is 0 Å². The van der Waals surface area contributed by atoms with E-state index in [2.05, 4.69) is 48.2 Å². The summed E-state index contributed by atoms with van der Waals surface area (Å²) in [6.07, 6.45) is 0.430. The Labute approximate surface area is 133 Å². The van der Waals surface area contributed by atoms with Crippen molar-refractivity contribution in [2.75, 3.05) is 40.3 Å². The lowest BCUT2D eigenvalue weighted by Crippen LogP contribution is -2.65. The number of fused-ring (bicyclic) bond motifs is 2. The summed E-state index contributed by atoms with van der Waals surface area (Å²) in [5.74, 6) is 0.536. The fourth-order valence-corrected chi connectivity index (χ4v) is 4.30. The number of esters is 1. The van der Waals surface area contributed by atoms with Crippen LogP contribution in [0, 0.1) is 11.8 Å². The van der Waals surface area contributed by atoms with E-state index in [1.807, 2.05) is 13.0 Å². The quantitative estimate of drug-likeness (QED) is 0.799. The Morgan fingerprint density at radius 3 is 2.05 bits per heavy atom. The Hall–Kier alpha value is -1.39. The maximum Gasteiger partial charge on any atom is 0.306 e. The largest absolute Gasteiger partial charge is 0.453 e. The van der Waals surface area contributed by atoms with Gasteiger partial charge in [0.1, 0.15) is 5.60 Å². The zero-order chi connectivity index (χ0) is 15.7. The third kappa shape index (κ3) is 2.55. The maximum atomic E-state index is 12.2. The van der Waals surface area contributed by atoms with Crippen molar-refractivity contribution in [3.8, 4) is 0 Å². The fraction of sp³-hybridized carbons (Fsp3) is 0.611. The second kappa shape index (κ2) is 6.01. The van der Waals surface area contributed by atoms with Gasteiger partial charge in [-0.1, -0.05) is 37.3 Å². The van der Waals surface area contributed by atoms with Gasteiger partial charge in [0.2, 0.25) is 0 Å². The predicted octanol–water partition coefficient (Wildman–Crippen LogP) is 1.96. The number of hydrogen-bond acceptors (Lipinski definition) is 4. The van der Waals surface area contributed by atoms with E-state index in [1.165, 1.54) is 0 Å². The van der Waals surface area contributed by atoms with Crippen molar-refractivity contribution in [2.24, 2.45) is 11.8 Å². The fourth-order valence-electron chi connectivity index (χ4n) is 4.30. The van der Waals surface area contributed by atoms with Crippen molar-refractivity contribution in [1.29, 1.82) is 0 Å². The molecule has 0 amide bonds. The molecule has 2 fully saturated rings. The molecule has 0 aliphatic carbocycles. The maximum absolute atomic E-state index is 12.2. The highest BCUT2D eigenvalue weighted by molar-refractivity contribution is 5.70. The van der Waals surface area contributed by atoms with Crippen LogP contribution in [0.3, 0.4) is 0 Å². The average molecular weight is 302 g/mol. The van der Waals surface area contributed by atoms with Crippen molar-refractivity contribution in [3.05, 3.63) is 35.9 Å². The molecule has 22 heavy (non-hydrogen) atoms. The van der Waals surface area contributed by atoms with Crippen molar-refractivity contribution >= 4 is 5.97 Å². The van der Waals surface area contributed by atoms with Gasteiger partial charge >= 0.3 is 5.97 Å². The summed E-state index contributed by atoms with van der Waals surface area (Å²) < 4.78 is 6.19. The van der Waals surface area contributed by atoms with Crippen LogP contribution >= 0.6 is 0 Å². The minimum Gasteiger partial charge on any atom is -0.453 e. The van der Waals surface area contributed by atoms with Crippen molar-refractivity contribution in [1.82, 2.24) is 9.80 Å². The number of hydrogen-bond donors (Lipinski definition) is 0. The lowest BCUT2D eigenvalue weighted by atomic mass is 9.66. The molecule has 0 spiro atoms. The lowest BCUT2D eigenvalue weighted by Gasteiger charge is -2.56. The normalized spacial score (nSPS) is 32.7. The van der Waals surface area contributed by atoms with Gasteiger partial charge in [0.05, 0.1) is 0 Å². The highest BCUT2D eigenvalue weighted by Gasteiger charge is 2.56. The smallest absolute Gasteiger partial charge is 0.306 e. The number of ether oxygens (including phenoxy) is 1. The van der Waals surface area contributed by atoms with Crippen molar-refractivity contribution in [3.63, 3.8) is 0 Å². The predicted molar refractivity (Wildman–Crippen MR) is 86.5 cm³/mol. The molecule has 0 radical (unpaired) electrons. The molecule has 120 valence electrons. The van der Waals surface area contributed by atoms with E-state index in [1.54, 1.807) is 0 Å². The molecule has 2 aliphatic heterocycles. The number of carbonyl (C=O) groups is 1. The Morgan fingerprint density at radius 2 is 1.59 bits per heavy atom. The number of piperidine rings is 2. The summed E-state index contributed by atoms with van der Waals surface area (Å²) in [7, 11) is 4.34. The summed E-state index contributed by atoms with van der Waals surface area (Å²) in [5.41, 5.74) is 0.695. The van der Waals surface area contributed by atoms with Gasteiger partial charge in [0.25, 0.3) is 0 Å². The summed E-state index contributed by atoms with van der Waals surface area (Å²) >= 11 is 0. The van der Waals surface area contributed by atoms with E-state index in [4.69, 9.17) is 4.74 Å². The Morgan fingerprint density at radius 1 is 1.09 bits per heavy atom. The Balaban J connectivity index is 2.07. The van der Waals surface area contributed by atoms with Crippen LogP contribution in [-0.4, -0.2) is 56.0 Å². The lowest BCUT2D eigenvalue weighted by molar-refractivity contribution is -0.203. The first-order valence-electron chi connectivity index (χ1n) is 8.20. The van der Waals surface area contributed by atoms with Gasteiger partial charge in [-0.2, -0.15) is 0 Å². The van der Waals surface area contributed by atoms with Crippen molar-refractivity contribution < 1.29 is 9.53 Å². The molecular formula is C18H26N2O2. The van der Waals surface area contributed by atoms with E-state index < -0.39 is 5.60 Å². The zero-order valence-electron chi connectivity index (χ0n) is 13.8. The summed E-state index contributed by atoms with van der Waals surface area (Å²) in [5, 5.41) is 0. The molecule has 1 aromatic carbocycles. The Kier molecular flexibility index (Phi) is 4.24. The van der Waals surface area contributed by atoms with Gasteiger partial charge in [-0.3, -0.25) is 4.79 Å². The van der Waals surface area contributed by atoms with E-state index in [0.717, 1.165) is 31.7 Å². The minimum atomic E-state index is -0.465. The molecule has 1 aromatic rings. The van der Waals surface area contributed by atoms with Gasteiger partial charge in [-0.15, -0.1) is 0 Å². The molecule has 2 bridgehead atoms. The van der Waals surface area contributed by atoms with Crippen LogP contribution in [0.1, 0.15) is 18.9 Å². The van der Waals surface area contributed by atoms with E-state index in [-0.39, 0.29) is 5.97 Å². The molecular weight excluding hydrogens is 276 g/mol. The standard InChI is InChI=1S/C18H26N2O2/c1-4-17(21)22-18(14-8-6-5-7-9-14)15-10-19(2)11-16(18)13-20(3)12-15/h5-9,15-16H,4,10-13H2,1-3H3. The van der Waals surface area contributed by atoms with Crippen molar-refractivity contribution in [2.45, 2.75) is 18.9 Å². The second-order valence-corrected chi connectivity index (χ2v) is 6.82. The first kappa shape index (κ1) is 15.5. The van der Waals surface area contributed by atoms with Gasteiger partial charge in [-0.05, 0) is 19.7 Å². The summed E-state index contributed by atoms with van der Waals surface area (Å²) in [6, 6.07) is 10.4. The number of nitrogens with zero attached hydrogens (tertiary/aromatic N) is 2. The molecule has 2 saturated heterocycles. The monoisotopic (exact) mass is 302 g/mol. The van der Waals surface area contributed by atoms with Crippen LogP contribution in [0.4, 0.5) is 0 Å². The Bertz CT molecular complexity index is 501. The molecule has 2 heterocycles. The zero-order valence-corrected chi connectivity index (χ0v) is 13.8. The summed E-state index contributed by atoms with van der Waals surface area (Å²) in [6.45, 7) is 5.73. The molecule has 4 nitrogen and oxygen atoms in total. The van der Waals surface area contributed by atoms with Crippen LogP contribution in [-0.2, 0) is 15.1 Å². The third-order valence-electron chi connectivity index (χ3n) is 5.14. The number of carbonyl (C=O) groups excluding carboxylic acids is 1. The van der Waals surface area contributed by atoms with Crippen LogP contribution in [0.25, 0.3) is 0 Å². The average Bonchev–Trinajstić information content (AvgIpc) is 2.49. The molecule has 0 aromatic heterocycles.